The molecule has 94 valence electrons. The summed E-state index contributed by atoms with van der Waals surface area (Å²) >= 11 is 0. The van der Waals surface area contributed by atoms with Crippen molar-refractivity contribution in [3.63, 3.8) is 0 Å². The van der Waals surface area contributed by atoms with Crippen LogP contribution in [0.15, 0.2) is 42.6 Å². The summed E-state index contributed by atoms with van der Waals surface area (Å²) in [5, 5.41) is 3.37. The van der Waals surface area contributed by atoms with Crippen LogP contribution in [0, 0.1) is 12.7 Å². The van der Waals surface area contributed by atoms with Crippen molar-refractivity contribution in [3.05, 3.63) is 65.2 Å². The summed E-state index contributed by atoms with van der Waals surface area (Å²) in [5.74, 6) is -0.203. The Balaban J connectivity index is 1.93. The van der Waals surface area contributed by atoms with Crippen LogP contribution in [0.1, 0.15) is 29.8 Å². The van der Waals surface area contributed by atoms with Crippen molar-refractivity contribution in [2.45, 2.75) is 26.4 Å². The Labute approximate surface area is 107 Å². The second-order valence-corrected chi connectivity index (χ2v) is 4.48. The number of hydrogen-bond donors (Lipinski definition) is 1. The molecular formula is C15H17FN2. The summed E-state index contributed by atoms with van der Waals surface area (Å²) in [6.45, 7) is 4.78. The van der Waals surface area contributed by atoms with E-state index in [-0.39, 0.29) is 11.9 Å². The first-order valence-electron chi connectivity index (χ1n) is 6.05. The zero-order chi connectivity index (χ0) is 13.0. The molecule has 0 aliphatic rings. The molecular weight excluding hydrogens is 227 g/mol. The lowest BCUT2D eigenvalue weighted by Gasteiger charge is -2.14. The van der Waals surface area contributed by atoms with E-state index in [1.807, 2.05) is 25.3 Å². The zero-order valence-electron chi connectivity index (χ0n) is 10.7. The lowest BCUT2D eigenvalue weighted by molar-refractivity contribution is 0.564. The number of pyridine rings is 1. The predicted octanol–water partition coefficient (Wildman–Crippen LogP) is 3.38. The van der Waals surface area contributed by atoms with Gasteiger partial charge >= 0.3 is 0 Å². The van der Waals surface area contributed by atoms with Gasteiger partial charge in [0.2, 0.25) is 0 Å². The van der Waals surface area contributed by atoms with Crippen molar-refractivity contribution in [1.29, 1.82) is 0 Å². The number of halogens is 1. The largest absolute Gasteiger partial charge is 0.305 e. The summed E-state index contributed by atoms with van der Waals surface area (Å²) < 4.78 is 12.8. The van der Waals surface area contributed by atoms with Gasteiger partial charge in [-0.05, 0) is 43.2 Å². The van der Waals surface area contributed by atoms with E-state index < -0.39 is 0 Å². The van der Waals surface area contributed by atoms with E-state index in [9.17, 15) is 4.39 Å². The van der Waals surface area contributed by atoms with Gasteiger partial charge in [-0.2, -0.15) is 0 Å². The van der Waals surface area contributed by atoms with Crippen molar-refractivity contribution in [3.8, 4) is 0 Å². The molecule has 0 fully saturated rings. The van der Waals surface area contributed by atoms with Gasteiger partial charge < -0.3 is 5.32 Å². The number of nitrogens with zero attached hydrogens (tertiary/aromatic N) is 1. The zero-order valence-corrected chi connectivity index (χ0v) is 10.7. The molecule has 0 amide bonds. The fraction of sp³-hybridized carbons (Fsp3) is 0.267. The maximum Gasteiger partial charge on any atom is 0.123 e. The molecule has 1 heterocycles. The molecule has 0 radical (unpaired) electrons. The molecule has 2 rings (SSSR count). The summed E-state index contributed by atoms with van der Waals surface area (Å²) in [6.07, 6.45) is 1.86. The first-order valence-corrected chi connectivity index (χ1v) is 6.05. The summed E-state index contributed by atoms with van der Waals surface area (Å²) in [4.78, 5) is 4.34. The molecule has 0 aliphatic heterocycles. The Kier molecular flexibility index (Phi) is 4.05. The van der Waals surface area contributed by atoms with Gasteiger partial charge in [-0.25, -0.2) is 4.39 Å². The first kappa shape index (κ1) is 12.7. The number of nitrogens with one attached hydrogen (secondary N) is 1. The molecule has 3 heteroatoms. The molecule has 0 aliphatic carbocycles. The molecule has 0 bridgehead atoms. The average Bonchev–Trinajstić information content (AvgIpc) is 2.38. The number of aromatic nitrogens is 1. The lowest BCUT2D eigenvalue weighted by atomic mass is 10.1. The van der Waals surface area contributed by atoms with Gasteiger partial charge in [0.1, 0.15) is 5.82 Å². The first-order chi connectivity index (χ1) is 8.65. The van der Waals surface area contributed by atoms with E-state index in [2.05, 4.69) is 17.2 Å². The SMILES string of the molecule is Cc1ccc(CN[C@@H](C)c2ccc(F)cc2)nc1. The molecule has 2 nitrogen and oxygen atoms in total. The molecule has 1 aromatic carbocycles. The fourth-order valence-corrected chi connectivity index (χ4v) is 1.73. The number of aryl methyl sites for hydroxylation is 1. The topological polar surface area (TPSA) is 24.9 Å². The highest BCUT2D eigenvalue weighted by Crippen LogP contribution is 2.13. The molecule has 2 aromatic rings. The Hall–Kier alpha value is -1.74. The van der Waals surface area contributed by atoms with Crippen LogP contribution >= 0.6 is 0 Å². The van der Waals surface area contributed by atoms with Gasteiger partial charge in [0, 0.05) is 18.8 Å². The normalized spacial score (nSPS) is 12.4. The van der Waals surface area contributed by atoms with Crippen LogP contribution in [-0.4, -0.2) is 4.98 Å². The van der Waals surface area contributed by atoms with Gasteiger partial charge in [0.15, 0.2) is 0 Å². The Morgan fingerprint density at radius 3 is 2.50 bits per heavy atom. The molecule has 1 N–H and O–H groups in total. The molecule has 0 unspecified atom stereocenters. The van der Waals surface area contributed by atoms with Crippen molar-refractivity contribution in [2.75, 3.05) is 0 Å². The van der Waals surface area contributed by atoms with Crippen LogP contribution in [0.3, 0.4) is 0 Å². The second-order valence-electron chi connectivity index (χ2n) is 4.48. The van der Waals surface area contributed by atoms with Crippen molar-refractivity contribution in [1.82, 2.24) is 10.3 Å². The standard InChI is InChI=1S/C15H17FN2/c1-11-3-8-15(18-9-11)10-17-12(2)13-4-6-14(16)7-5-13/h3-9,12,17H,10H2,1-2H3/t12-/m0/s1. The van der Waals surface area contributed by atoms with E-state index in [0.29, 0.717) is 6.54 Å². The molecule has 18 heavy (non-hydrogen) atoms. The van der Waals surface area contributed by atoms with E-state index in [4.69, 9.17) is 0 Å². The van der Waals surface area contributed by atoms with Crippen LogP contribution in [0.4, 0.5) is 4.39 Å². The minimum Gasteiger partial charge on any atom is -0.305 e. The number of hydrogen-bond acceptors (Lipinski definition) is 2. The Morgan fingerprint density at radius 2 is 1.89 bits per heavy atom. The maximum absolute atomic E-state index is 12.8. The highest BCUT2D eigenvalue weighted by molar-refractivity contribution is 5.19. The van der Waals surface area contributed by atoms with Gasteiger partial charge in [-0.15, -0.1) is 0 Å². The predicted molar refractivity (Wildman–Crippen MR) is 70.6 cm³/mol. The third-order valence-corrected chi connectivity index (χ3v) is 2.93. The van der Waals surface area contributed by atoms with E-state index in [1.165, 1.54) is 12.1 Å². The molecule has 1 aromatic heterocycles. The van der Waals surface area contributed by atoms with Gasteiger partial charge in [0.05, 0.1) is 5.69 Å². The monoisotopic (exact) mass is 244 g/mol. The van der Waals surface area contributed by atoms with Gasteiger partial charge in [0.25, 0.3) is 0 Å². The number of rotatable bonds is 4. The molecule has 1 atom stereocenters. The fourth-order valence-electron chi connectivity index (χ4n) is 1.73. The van der Waals surface area contributed by atoms with Crippen molar-refractivity contribution < 1.29 is 4.39 Å². The van der Waals surface area contributed by atoms with Crippen molar-refractivity contribution in [2.24, 2.45) is 0 Å². The third kappa shape index (κ3) is 3.37. The van der Waals surface area contributed by atoms with E-state index >= 15 is 0 Å². The van der Waals surface area contributed by atoms with E-state index in [0.717, 1.165) is 16.8 Å². The van der Waals surface area contributed by atoms with Crippen LogP contribution in [0.25, 0.3) is 0 Å². The van der Waals surface area contributed by atoms with E-state index in [1.54, 1.807) is 12.1 Å². The molecule has 0 saturated heterocycles. The van der Waals surface area contributed by atoms with Crippen LogP contribution < -0.4 is 5.32 Å². The average molecular weight is 244 g/mol. The highest BCUT2D eigenvalue weighted by Gasteiger charge is 2.05. The van der Waals surface area contributed by atoms with Gasteiger partial charge in [-0.3, -0.25) is 4.98 Å². The number of benzene rings is 1. The lowest BCUT2D eigenvalue weighted by Crippen LogP contribution is -2.18. The minimum absolute atomic E-state index is 0.175. The Morgan fingerprint density at radius 1 is 1.17 bits per heavy atom. The van der Waals surface area contributed by atoms with Crippen LogP contribution in [0.5, 0.6) is 0 Å². The molecule has 0 saturated carbocycles. The minimum atomic E-state index is -0.203. The van der Waals surface area contributed by atoms with Crippen LogP contribution in [0.2, 0.25) is 0 Å². The van der Waals surface area contributed by atoms with Crippen LogP contribution in [-0.2, 0) is 6.54 Å². The Bertz CT molecular complexity index is 491. The second kappa shape index (κ2) is 5.74. The third-order valence-electron chi connectivity index (χ3n) is 2.93. The maximum atomic E-state index is 12.8. The summed E-state index contributed by atoms with van der Waals surface area (Å²) in [7, 11) is 0. The highest BCUT2D eigenvalue weighted by atomic mass is 19.1. The summed E-state index contributed by atoms with van der Waals surface area (Å²) in [6, 6.07) is 10.8. The smallest absolute Gasteiger partial charge is 0.123 e. The van der Waals surface area contributed by atoms with Crippen molar-refractivity contribution >= 4 is 0 Å². The van der Waals surface area contributed by atoms with Gasteiger partial charge in [-0.1, -0.05) is 18.2 Å². The summed E-state index contributed by atoms with van der Waals surface area (Å²) in [5.41, 5.74) is 3.24. The quantitative estimate of drug-likeness (QED) is 0.891. The molecule has 0 spiro atoms.